The number of anilines is 1. The predicted molar refractivity (Wildman–Crippen MR) is 69.2 cm³/mol. The third-order valence-electron chi connectivity index (χ3n) is 2.46. The number of hydrogen-bond donors (Lipinski definition) is 3. The summed E-state index contributed by atoms with van der Waals surface area (Å²) in [7, 11) is 3.69. The van der Waals surface area contributed by atoms with Gasteiger partial charge in [-0.1, -0.05) is 0 Å². The van der Waals surface area contributed by atoms with Crippen LogP contribution in [0.4, 0.5) is 5.82 Å². The van der Waals surface area contributed by atoms with Gasteiger partial charge >= 0.3 is 5.97 Å². The van der Waals surface area contributed by atoms with Crippen molar-refractivity contribution in [1.82, 2.24) is 10.3 Å². The Labute approximate surface area is 110 Å². The van der Waals surface area contributed by atoms with E-state index < -0.39 is 12.1 Å². The largest absolute Gasteiger partial charge is 0.479 e. The number of carbonyl (C=O) groups excluding carboxylic acids is 1. The van der Waals surface area contributed by atoms with Gasteiger partial charge in [-0.05, 0) is 12.1 Å². The van der Waals surface area contributed by atoms with Crippen molar-refractivity contribution < 1.29 is 19.8 Å². The molecular formula is C12H17N3O4. The molecule has 0 aromatic carbocycles. The summed E-state index contributed by atoms with van der Waals surface area (Å²) in [5, 5.41) is 20.0. The summed E-state index contributed by atoms with van der Waals surface area (Å²) in [5.41, 5.74) is 0.385. The number of aliphatic carboxylic acids is 1. The lowest BCUT2D eigenvalue weighted by atomic mass is 10.2. The first-order valence-electron chi connectivity index (χ1n) is 5.74. The first-order valence-corrected chi connectivity index (χ1v) is 5.74. The summed E-state index contributed by atoms with van der Waals surface area (Å²) in [6.07, 6.45) is -0.0581. The predicted octanol–water partition coefficient (Wildman–Crippen LogP) is -0.287. The molecular weight excluding hydrogens is 250 g/mol. The zero-order valence-electron chi connectivity index (χ0n) is 10.8. The van der Waals surface area contributed by atoms with E-state index in [1.54, 1.807) is 12.1 Å². The molecule has 0 aliphatic carbocycles. The second-order valence-corrected chi connectivity index (χ2v) is 4.20. The van der Waals surface area contributed by atoms with Gasteiger partial charge in [0.2, 0.25) is 0 Å². The van der Waals surface area contributed by atoms with Crippen LogP contribution in [0.15, 0.2) is 18.3 Å². The number of amides is 1. The number of aliphatic hydroxyl groups excluding tert-OH is 1. The van der Waals surface area contributed by atoms with E-state index in [9.17, 15) is 9.59 Å². The highest BCUT2D eigenvalue weighted by atomic mass is 16.4. The third kappa shape index (κ3) is 4.55. The minimum Gasteiger partial charge on any atom is -0.479 e. The molecule has 0 spiro atoms. The maximum atomic E-state index is 11.7. The van der Waals surface area contributed by atoms with E-state index in [0.717, 1.165) is 5.82 Å². The summed E-state index contributed by atoms with van der Waals surface area (Å²) in [5.74, 6) is -0.917. The number of carboxylic acids is 1. The Morgan fingerprint density at radius 3 is 2.58 bits per heavy atom. The first kappa shape index (κ1) is 14.9. The average molecular weight is 267 g/mol. The Balaban J connectivity index is 2.47. The molecule has 0 aliphatic rings. The van der Waals surface area contributed by atoms with Crippen molar-refractivity contribution in [1.29, 1.82) is 0 Å². The number of aromatic nitrogens is 1. The van der Waals surface area contributed by atoms with E-state index in [2.05, 4.69) is 10.3 Å². The minimum absolute atomic E-state index is 0.0374. The third-order valence-corrected chi connectivity index (χ3v) is 2.46. The highest BCUT2D eigenvalue weighted by molar-refractivity contribution is 5.94. The number of hydrogen-bond acceptors (Lipinski definition) is 5. The van der Waals surface area contributed by atoms with Crippen molar-refractivity contribution >= 4 is 17.7 Å². The van der Waals surface area contributed by atoms with Gasteiger partial charge in [0.1, 0.15) is 5.82 Å². The van der Waals surface area contributed by atoms with E-state index in [-0.39, 0.29) is 18.9 Å². The number of aliphatic hydroxyl groups is 1. The fourth-order valence-corrected chi connectivity index (χ4v) is 1.33. The molecule has 0 saturated heterocycles. The van der Waals surface area contributed by atoms with E-state index in [1.165, 1.54) is 6.20 Å². The fraction of sp³-hybridized carbons (Fsp3) is 0.417. The zero-order valence-corrected chi connectivity index (χ0v) is 10.8. The number of nitrogens with zero attached hydrogens (tertiary/aromatic N) is 2. The Hall–Kier alpha value is -2.15. The van der Waals surface area contributed by atoms with E-state index in [4.69, 9.17) is 10.2 Å². The molecule has 1 amide bonds. The van der Waals surface area contributed by atoms with E-state index in [1.807, 2.05) is 19.0 Å². The van der Waals surface area contributed by atoms with Crippen LogP contribution in [0.2, 0.25) is 0 Å². The SMILES string of the molecule is CN(C)c1ccc(C(=O)NCCC(O)C(=O)O)cn1. The summed E-state index contributed by atoms with van der Waals surface area (Å²) >= 11 is 0. The maximum Gasteiger partial charge on any atom is 0.332 e. The molecule has 0 aliphatic heterocycles. The second-order valence-electron chi connectivity index (χ2n) is 4.20. The Kier molecular flexibility index (Phi) is 5.25. The number of pyridine rings is 1. The normalized spacial score (nSPS) is 11.7. The maximum absolute atomic E-state index is 11.7. The number of carboxylic acid groups (broad SMARTS) is 1. The molecule has 1 aromatic rings. The Bertz CT molecular complexity index is 445. The van der Waals surface area contributed by atoms with Crippen LogP contribution in [-0.4, -0.2) is 53.8 Å². The van der Waals surface area contributed by atoms with Gasteiger partial charge in [0.15, 0.2) is 6.10 Å². The molecule has 1 rings (SSSR count). The molecule has 1 unspecified atom stereocenters. The lowest BCUT2D eigenvalue weighted by molar-refractivity contribution is -0.146. The molecule has 1 heterocycles. The van der Waals surface area contributed by atoms with Crippen molar-refractivity contribution in [3.8, 4) is 0 Å². The van der Waals surface area contributed by atoms with E-state index >= 15 is 0 Å². The topological polar surface area (TPSA) is 103 Å². The molecule has 3 N–H and O–H groups in total. The Morgan fingerprint density at radius 1 is 1.42 bits per heavy atom. The van der Waals surface area contributed by atoms with E-state index in [0.29, 0.717) is 5.56 Å². The molecule has 0 bridgehead atoms. The highest BCUT2D eigenvalue weighted by Gasteiger charge is 2.13. The van der Waals surface area contributed by atoms with Crippen molar-refractivity contribution in [2.45, 2.75) is 12.5 Å². The second kappa shape index (κ2) is 6.69. The number of nitrogens with one attached hydrogen (secondary N) is 1. The zero-order chi connectivity index (χ0) is 14.4. The van der Waals surface area contributed by atoms with Crippen LogP contribution in [-0.2, 0) is 4.79 Å². The van der Waals surface area contributed by atoms with Crippen molar-refractivity contribution in [3.63, 3.8) is 0 Å². The van der Waals surface area contributed by atoms with Crippen molar-refractivity contribution in [3.05, 3.63) is 23.9 Å². The van der Waals surface area contributed by atoms with Crippen LogP contribution in [0.25, 0.3) is 0 Å². The minimum atomic E-state index is -1.46. The molecule has 104 valence electrons. The molecule has 1 aromatic heterocycles. The highest BCUT2D eigenvalue weighted by Crippen LogP contribution is 2.07. The van der Waals surface area contributed by atoms with Crippen LogP contribution < -0.4 is 10.2 Å². The summed E-state index contributed by atoms with van der Waals surface area (Å²) in [6, 6.07) is 3.34. The van der Waals surface area contributed by atoms with Gasteiger partial charge < -0.3 is 20.4 Å². The van der Waals surface area contributed by atoms with Gasteiger partial charge in [-0.3, -0.25) is 4.79 Å². The molecule has 19 heavy (non-hydrogen) atoms. The quantitative estimate of drug-likeness (QED) is 0.654. The van der Waals surface area contributed by atoms with Crippen LogP contribution in [0.1, 0.15) is 16.8 Å². The van der Waals surface area contributed by atoms with Gasteiger partial charge in [0.25, 0.3) is 5.91 Å². The van der Waals surface area contributed by atoms with Gasteiger partial charge in [-0.25, -0.2) is 9.78 Å². The fourth-order valence-electron chi connectivity index (χ4n) is 1.33. The smallest absolute Gasteiger partial charge is 0.332 e. The van der Waals surface area contributed by atoms with Gasteiger partial charge in [0.05, 0.1) is 5.56 Å². The van der Waals surface area contributed by atoms with Crippen LogP contribution >= 0.6 is 0 Å². The van der Waals surface area contributed by atoms with Crippen LogP contribution in [0.3, 0.4) is 0 Å². The van der Waals surface area contributed by atoms with Gasteiger partial charge in [-0.15, -0.1) is 0 Å². The van der Waals surface area contributed by atoms with Crippen molar-refractivity contribution in [2.75, 3.05) is 25.5 Å². The van der Waals surface area contributed by atoms with Crippen LogP contribution in [0, 0.1) is 0 Å². The summed E-state index contributed by atoms with van der Waals surface area (Å²) in [4.78, 5) is 28.0. The number of carbonyl (C=O) groups is 2. The average Bonchev–Trinajstić information content (AvgIpc) is 2.38. The standard InChI is InChI=1S/C12H17N3O4/c1-15(2)10-4-3-8(7-14-10)11(17)13-6-5-9(16)12(18)19/h3-4,7,9,16H,5-6H2,1-2H3,(H,13,17)(H,18,19). The monoisotopic (exact) mass is 267 g/mol. The molecule has 7 heteroatoms. The van der Waals surface area contributed by atoms with Crippen LogP contribution in [0.5, 0.6) is 0 Å². The first-order chi connectivity index (χ1) is 8.91. The Morgan fingerprint density at radius 2 is 2.11 bits per heavy atom. The van der Waals surface area contributed by atoms with Crippen molar-refractivity contribution in [2.24, 2.45) is 0 Å². The molecule has 0 saturated carbocycles. The number of rotatable bonds is 6. The lowest BCUT2D eigenvalue weighted by Crippen LogP contribution is -2.30. The van der Waals surface area contributed by atoms with Gasteiger partial charge in [0, 0.05) is 33.3 Å². The molecule has 1 atom stereocenters. The molecule has 0 fully saturated rings. The summed E-state index contributed by atoms with van der Waals surface area (Å²) < 4.78 is 0. The molecule has 7 nitrogen and oxygen atoms in total. The molecule has 0 radical (unpaired) electrons. The van der Waals surface area contributed by atoms with Gasteiger partial charge in [-0.2, -0.15) is 0 Å². The summed E-state index contributed by atoms with van der Waals surface area (Å²) in [6.45, 7) is 0.0851. The lowest BCUT2D eigenvalue weighted by Gasteiger charge is -2.11.